The van der Waals surface area contributed by atoms with E-state index in [9.17, 15) is 4.79 Å². The average Bonchev–Trinajstić information content (AvgIpc) is 2.83. The Kier molecular flexibility index (Phi) is 3.67. The van der Waals surface area contributed by atoms with E-state index >= 15 is 0 Å². The Balaban J connectivity index is 2.10. The van der Waals surface area contributed by atoms with Crippen LogP contribution in [0.25, 0.3) is 0 Å². The lowest BCUT2D eigenvalue weighted by atomic mass is 10.1. The van der Waals surface area contributed by atoms with Crippen LogP contribution in [0.4, 0.5) is 0 Å². The highest BCUT2D eigenvalue weighted by atomic mass is 16.5. The summed E-state index contributed by atoms with van der Waals surface area (Å²) in [4.78, 5) is 11.4. The molecule has 0 heterocycles. The molecule has 92 valence electrons. The third kappa shape index (κ3) is 2.78. The molecule has 0 amide bonds. The monoisotopic (exact) mass is 234 g/mol. The van der Waals surface area contributed by atoms with E-state index in [-0.39, 0.29) is 5.97 Å². The Morgan fingerprint density at radius 2 is 2.00 bits per heavy atom. The Morgan fingerprint density at radius 1 is 1.29 bits per heavy atom. The van der Waals surface area contributed by atoms with Gasteiger partial charge in [0, 0.05) is 0 Å². The van der Waals surface area contributed by atoms with Crippen molar-refractivity contribution >= 4 is 5.97 Å². The summed E-state index contributed by atoms with van der Waals surface area (Å²) >= 11 is 0. The van der Waals surface area contributed by atoms with E-state index in [1.54, 1.807) is 6.07 Å². The molecular weight excluding hydrogens is 216 g/mol. The molecule has 1 aromatic carbocycles. The first-order valence-corrected chi connectivity index (χ1v) is 6.06. The van der Waals surface area contributed by atoms with Gasteiger partial charge in [0.2, 0.25) is 0 Å². The zero-order valence-corrected chi connectivity index (χ0v) is 10.4. The fourth-order valence-corrected chi connectivity index (χ4v) is 2.21. The normalized spacial score (nSPS) is 15.9. The molecule has 0 bridgehead atoms. The summed E-state index contributed by atoms with van der Waals surface area (Å²) in [6, 6.07) is 5.43. The molecule has 0 aromatic heterocycles. The van der Waals surface area contributed by atoms with Crippen LogP contribution in [-0.4, -0.2) is 19.2 Å². The van der Waals surface area contributed by atoms with E-state index in [0.29, 0.717) is 11.7 Å². The number of aryl methyl sites for hydroxylation is 1. The molecule has 0 spiro atoms. The lowest BCUT2D eigenvalue weighted by molar-refractivity contribution is 0.0600. The van der Waals surface area contributed by atoms with E-state index in [4.69, 9.17) is 4.74 Å². The first-order valence-electron chi connectivity index (χ1n) is 6.06. The highest BCUT2D eigenvalue weighted by Crippen LogP contribution is 2.27. The van der Waals surface area contributed by atoms with Crippen molar-refractivity contribution < 1.29 is 14.3 Å². The van der Waals surface area contributed by atoms with Gasteiger partial charge in [0.15, 0.2) is 0 Å². The largest absolute Gasteiger partial charge is 0.490 e. The number of carbonyl (C=O) groups excluding carboxylic acids is 1. The molecule has 0 saturated heterocycles. The molecule has 3 heteroatoms. The molecule has 0 radical (unpaired) electrons. The molecule has 1 aliphatic rings. The fraction of sp³-hybridized carbons (Fsp3) is 0.500. The molecule has 0 aliphatic heterocycles. The van der Waals surface area contributed by atoms with Crippen molar-refractivity contribution in [3.8, 4) is 5.75 Å². The molecule has 3 nitrogen and oxygen atoms in total. The second-order valence-corrected chi connectivity index (χ2v) is 4.50. The van der Waals surface area contributed by atoms with Gasteiger partial charge in [0.25, 0.3) is 0 Å². The smallest absolute Gasteiger partial charge is 0.337 e. The average molecular weight is 234 g/mol. The maximum Gasteiger partial charge on any atom is 0.337 e. The molecule has 1 saturated carbocycles. The van der Waals surface area contributed by atoms with Crippen molar-refractivity contribution in [3.05, 3.63) is 29.3 Å². The first kappa shape index (κ1) is 12.0. The van der Waals surface area contributed by atoms with Crippen molar-refractivity contribution in [1.82, 2.24) is 0 Å². The van der Waals surface area contributed by atoms with Crippen LogP contribution in [0.5, 0.6) is 5.75 Å². The zero-order valence-electron chi connectivity index (χ0n) is 10.4. The van der Waals surface area contributed by atoms with Crippen LogP contribution >= 0.6 is 0 Å². The minimum Gasteiger partial charge on any atom is -0.490 e. The SMILES string of the molecule is COC(=O)c1ccc(OC2CCCC2)c(C)c1. The Morgan fingerprint density at radius 3 is 2.59 bits per heavy atom. The van der Waals surface area contributed by atoms with Gasteiger partial charge < -0.3 is 9.47 Å². The Hall–Kier alpha value is -1.51. The second-order valence-electron chi connectivity index (χ2n) is 4.50. The molecule has 1 aliphatic carbocycles. The van der Waals surface area contributed by atoms with Gasteiger partial charge in [-0.3, -0.25) is 0 Å². The van der Waals surface area contributed by atoms with Gasteiger partial charge in [-0.2, -0.15) is 0 Å². The lowest BCUT2D eigenvalue weighted by Crippen LogP contribution is -2.12. The summed E-state index contributed by atoms with van der Waals surface area (Å²) in [5.74, 6) is 0.574. The van der Waals surface area contributed by atoms with Crippen LogP contribution < -0.4 is 4.74 Å². The summed E-state index contributed by atoms with van der Waals surface area (Å²) in [5, 5.41) is 0. The van der Waals surface area contributed by atoms with E-state index in [1.165, 1.54) is 20.0 Å². The quantitative estimate of drug-likeness (QED) is 0.754. The van der Waals surface area contributed by atoms with Gasteiger partial charge in [0.05, 0.1) is 18.8 Å². The number of benzene rings is 1. The van der Waals surface area contributed by atoms with Crippen molar-refractivity contribution in [2.24, 2.45) is 0 Å². The van der Waals surface area contributed by atoms with Crippen LogP contribution in [0.3, 0.4) is 0 Å². The van der Waals surface area contributed by atoms with Gasteiger partial charge in [0.1, 0.15) is 5.75 Å². The minimum atomic E-state index is -0.305. The second kappa shape index (κ2) is 5.21. The summed E-state index contributed by atoms with van der Waals surface area (Å²) in [7, 11) is 1.39. The molecular formula is C14H18O3. The van der Waals surface area contributed by atoms with Gasteiger partial charge >= 0.3 is 5.97 Å². The summed E-state index contributed by atoms with van der Waals surface area (Å²) in [5.41, 5.74) is 1.56. The summed E-state index contributed by atoms with van der Waals surface area (Å²) < 4.78 is 10.6. The van der Waals surface area contributed by atoms with Crippen molar-refractivity contribution in [2.75, 3.05) is 7.11 Å². The third-order valence-corrected chi connectivity index (χ3v) is 3.19. The maximum absolute atomic E-state index is 11.4. The van der Waals surface area contributed by atoms with Crippen LogP contribution in [-0.2, 0) is 4.74 Å². The molecule has 1 fully saturated rings. The van der Waals surface area contributed by atoms with Gasteiger partial charge in [-0.05, 0) is 56.4 Å². The highest BCUT2D eigenvalue weighted by Gasteiger charge is 2.17. The fourth-order valence-electron chi connectivity index (χ4n) is 2.21. The zero-order chi connectivity index (χ0) is 12.3. The van der Waals surface area contributed by atoms with Crippen LogP contribution in [0.15, 0.2) is 18.2 Å². The number of ether oxygens (including phenoxy) is 2. The lowest BCUT2D eigenvalue weighted by Gasteiger charge is -2.15. The molecule has 17 heavy (non-hydrogen) atoms. The van der Waals surface area contributed by atoms with E-state index < -0.39 is 0 Å². The van der Waals surface area contributed by atoms with Gasteiger partial charge in [-0.15, -0.1) is 0 Å². The standard InChI is InChI=1S/C14H18O3/c1-10-9-11(14(15)16-2)7-8-13(10)17-12-5-3-4-6-12/h7-9,12H,3-6H2,1-2H3. The molecule has 2 rings (SSSR count). The number of carbonyl (C=O) groups is 1. The van der Waals surface area contributed by atoms with Crippen LogP contribution in [0.2, 0.25) is 0 Å². The topological polar surface area (TPSA) is 35.5 Å². The van der Waals surface area contributed by atoms with E-state index in [2.05, 4.69) is 4.74 Å². The number of methoxy groups -OCH3 is 1. The number of esters is 1. The van der Waals surface area contributed by atoms with Crippen molar-refractivity contribution in [3.63, 3.8) is 0 Å². The Labute approximate surface area is 102 Å². The minimum absolute atomic E-state index is 0.305. The van der Waals surface area contributed by atoms with E-state index in [1.807, 2.05) is 19.1 Å². The Bertz CT molecular complexity index is 406. The number of hydrogen-bond acceptors (Lipinski definition) is 3. The van der Waals surface area contributed by atoms with E-state index in [0.717, 1.165) is 24.2 Å². The van der Waals surface area contributed by atoms with Crippen molar-refractivity contribution in [1.29, 1.82) is 0 Å². The molecule has 0 atom stereocenters. The summed E-state index contributed by atoms with van der Waals surface area (Å²) in [6.45, 7) is 1.96. The van der Waals surface area contributed by atoms with Gasteiger partial charge in [-0.25, -0.2) is 4.79 Å². The number of hydrogen-bond donors (Lipinski definition) is 0. The molecule has 1 aromatic rings. The highest BCUT2D eigenvalue weighted by molar-refractivity contribution is 5.89. The molecule has 0 unspecified atom stereocenters. The predicted molar refractivity (Wildman–Crippen MR) is 65.4 cm³/mol. The first-order chi connectivity index (χ1) is 8.20. The van der Waals surface area contributed by atoms with Gasteiger partial charge in [-0.1, -0.05) is 0 Å². The molecule has 0 N–H and O–H groups in total. The van der Waals surface area contributed by atoms with Crippen molar-refractivity contribution in [2.45, 2.75) is 38.7 Å². The van der Waals surface area contributed by atoms with Crippen LogP contribution in [0, 0.1) is 6.92 Å². The maximum atomic E-state index is 11.4. The summed E-state index contributed by atoms with van der Waals surface area (Å²) in [6.07, 6.45) is 5.13. The third-order valence-electron chi connectivity index (χ3n) is 3.19. The predicted octanol–water partition coefficient (Wildman–Crippen LogP) is 3.10. The number of rotatable bonds is 3. The van der Waals surface area contributed by atoms with Crippen LogP contribution in [0.1, 0.15) is 41.6 Å².